The van der Waals surface area contributed by atoms with Crippen LogP contribution in [-0.2, 0) is 11.3 Å². The van der Waals surface area contributed by atoms with E-state index in [0.29, 0.717) is 19.5 Å². The van der Waals surface area contributed by atoms with Crippen molar-refractivity contribution in [3.8, 4) is 0 Å². The molecule has 114 valence electrons. The summed E-state index contributed by atoms with van der Waals surface area (Å²) in [5.41, 5.74) is 1.06. The van der Waals surface area contributed by atoms with Gasteiger partial charge in [-0.05, 0) is 25.3 Å². The van der Waals surface area contributed by atoms with Gasteiger partial charge in [0.1, 0.15) is 0 Å². The van der Waals surface area contributed by atoms with E-state index in [1.165, 1.54) is 0 Å². The van der Waals surface area contributed by atoms with Crippen molar-refractivity contribution < 1.29 is 14.7 Å². The molecule has 1 fully saturated rings. The Balaban J connectivity index is 2.01. The molecular weight excluding hydrogens is 268 g/mol. The Morgan fingerprint density at radius 1 is 1.29 bits per heavy atom. The van der Waals surface area contributed by atoms with Gasteiger partial charge >= 0.3 is 12.0 Å². The number of amides is 2. The third-order valence-electron chi connectivity index (χ3n) is 4.07. The number of likely N-dealkylation sites (tertiary alicyclic amines) is 1. The second-order valence-corrected chi connectivity index (χ2v) is 5.74. The highest BCUT2D eigenvalue weighted by atomic mass is 16.4. The van der Waals surface area contributed by atoms with Gasteiger partial charge in [-0.2, -0.15) is 0 Å². The predicted molar refractivity (Wildman–Crippen MR) is 79.8 cm³/mol. The molecule has 2 amide bonds. The molecule has 2 unspecified atom stereocenters. The minimum absolute atomic E-state index is 0.0892. The summed E-state index contributed by atoms with van der Waals surface area (Å²) in [6, 6.07) is 9.76. The Morgan fingerprint density at radius 3 is 2.57 bits per heavy atom. The van der Waals surface area contributed by atoms with Crippen molar-refractivity contribution in [2.75, 3.05) is 13.6 Å². The Morgan fingerprint density at radius 2 is 1.95 bits per heavy atom. The average molecular weight is 290 g/mol. The van der Waals surface area contributed by atoms with Crippen LogP contribution in [0.1, 0.15) is 25.3 Å². The van der Waals surface area contributed by atoms with Gasteiger partial charge in [-0.1, -0.05) is 30.3 Å². The van der Waals surface area contributed by atoms with Crippen LogP contribution in [0.15, 0.2) is 30.3 Å². The normalized spacial score (nSPS) is 21.9. The third kappa shape index (κ3) is 3.74. The number of benzene rings is 1. The topological polar surface area (TPSA) is 60.9 Å². The molecule has 0 aromatic heterocycles. The molecule has 0 spiro atoms. The van der Waals surface area contributed by atoms with Crippen molar-refractivity contribution in [2.24, 2.45) is 5.92 Å². The smallest absolute Gasteiger partial charge is 0.320 e. The van der Waals surface area contributed by atoms with Gasteiger partial charge in [0.05, 0.1) is 5.92 Å². The van der Waals surface area contributed by atoms with E-state index in [9.17, 15) is 9.59 Å². The van der Waals surface area contributed by atoms with E-state index in [1.807, 2.05) is 37.3 Å². The second-order valence-electron chi connectivity index (χ2n) is 5.74. The molecule has 5 nitrogen and oxygen atoms in total. The van der Waals surface area contributed by atoms with E-state index in [4.69, 9.17) is 5.11 Å². The number of piperidine rings is 1. The fourth-order valence-corrected chi connectivity index (χ4v) is 2.72. The zero-order chi connectivity index (χ0) is 15.4. The highest BCUT2D eigenvalue weighted by Gasteiger charge is 2.33. The van der Waals surface area contributed by atoms with E-state index < -0.39 is 11.9 Å². The van der Waals surface area contributed by atoms with Gasteiger partial charge in [0.25, 0.3) is 0 Å². The maximum Gasteiger partial charge on any atom is 0.320 e. The van der Waals surface area contributed by atoms with Crippen molar-refractivity contribution in [3.63, 3.8) is 0 Å². The number of rotatable bonds is 3. The maximum atomic E-state index is 12.5. The zero-order valence-electron chi connectivity index (χ0n) is 12.5. The van der Waals surface area contributed by atoms with Crippen molar-refractivity contribution in [1.29, 1.82) is 0 Å². The van der Waals surface area contributed by atoms with Crippen LogP contribution in [0.2, 0.25) is 0 Å². The summed E-state index contributed by atoms with van der Waals surface area (Å²) < 4.78 is 0. The minimum atomic E-state index is -0.814. The van der Waals surface area contributed by atoms with Crippen LogP contribution in [0.4, 0.5) is 4.79 Å². The molecule has 0 saturated carbocycles. The molecule has 1 aromatic carbocycles. The number of carboxylic acid groups (broad SMARTS) is 1. The monoisotopic (exact) mass is 290 g/mol. The number of carbonyl (C=O) groups excluding carboxylic acids is 1. The van der Waals surface area contributed by atoms with Gasteiger partial charge in [-0.25, -0.2) is 4.79 Å². The molecule has 2 atom stereocenters. The maximum absolute atomic E-state index is 12.5. The van der Waals surface area contributed by atoms with Crippen molar-refractivity contribution in [1.82, 2.24) is 9.80 Å². The molecule has 1 aromatic rings. The first-order valence-corrected chi connectivity index (χ1v) is 7.27. The summed E-state index contributed by atoms with van der Waals surface area (Å²) in [4.78, 5) is 27.0. The average Bonchev–Trinajstić information content (AvgIpc) is 2.47. The van der Waals surface area contributed by atoms with Crippen LogP contribution in [0.5, 0.6) is 0 Å². The molecule has 1 saturated heterocycles. The number of nitrogens with zero attached hydrogens (tertiary/aromatic N) is 2. The van der Waals surface area contributed by atoms with E-state index >= 15 is 0 Å². The molecule has 0 radical (unpaired) electrons. The summed E-state index contributed by atoms with van der Waals surface area (Å²) in [6.45, 7) is 2.81. The van der Waals surface area contributed by atoms with Crippen LogP contribution in [0.25, 0.3) is 0 Å². The SMILES string of the molecule is CC1CCC(C(=O)O)CN1C(=O)N(C)Cc1ccccc1. The van der Waals surface area contributed by atoms with Gasteiger partial charge in [-0.3, -0.25) is 4.79 Å². The fourth-order valence-electron chi connectivity index (χ4n) is 2.72. The number of aliphatic carboxylic acids is 1. The number of carbonyl (C=O) groups is 2. The summed E-state index contributed by atoms with van der Waals surface area (Å²) in [7, 11) is 1.76. The summed E-state index contributed by atoms with van der Waals surface area (Å²) in [5.74, 6) is -1.26. The molecule has 1 aliphatic heterocycles. The lowest BCUT2D eigenvalue weighted by molar-refractivity contribution is -0.143. The van der Waals surface area contributed by atoms with Crippen molar-refractivity contribution in [2.45, 2.75) is 32.4 Å². The Kier molecular flexibility index (Phi) is 4.83. The lowest BCUT2D eigenvalue weighted by Gasteiger charge is -2.38. The first-order valence-electron chi connectivity index (χ1n) is 7.27. The Bertz CT molecular complexity index is 504. The number of urea groups is 1. The van der Waals surface area contributed by atoms with Crippen LogP contribution >= 0.6 is 0 Å². The molecule has 5 heteroatoms. The quantitative estimate of drug-likeness (QED) is 0.930. The Labute approximate surface area is 125 Å². The van der Waals surface area contributed by atoms with Gasteiger partial charge < -0.3 is 14.9 Å². The van der Waals surface area contributed by atoms with Gasteiger partial charge in [0.15, 0.2) is 0 Å². The van der Waals surface area contributed by atoms with Crippen molar-refractivity contribution >= 4 is 12.0 Å². The molecule has 1 N–H and O–H groups in total. The molecule has 21 heavy (non-hydrogen) atoms. The van der Waals surface area contributed by atoms with Crippen LogP contribution in [0, 0.1) is 5.92 Å². The summed E-state index contributed by atoms with van der Waals surface area (Å²) >= 11 is 0. The highest BCUT2D eigenvalue weighted by Crippen LogP contribution is 2.23. The number of hydrogen-bond acceptors (Lipinski definition) is 2. The molecule has 2 rings (SSSR count). The largest absolute Gasteiger partial charge is 0.481 e. The minimum Gasteiger partial charge on any atom is -0.481 e. The lowest BCUT2D eigenvalue weighted by atomic mass is 9.94. The fraction of sp³-hybridized carbons (Fsp3) is 0.500. The van der Waals surface area contributed by atoms with Gasteiger partial charge in [-0.15, -0.1) is 0 Å². The van der Waals surface area contributed by atoms with Gasteiger partial charge in [0, 0.05) is 26.2 Å². The molecule has 1 heterocycles. The molecule has 0 bridgehead atoms. The van der Waals surface area contributed by atoms with Crippen molar-refractivity contribution in [3.05, 3.63) is 35.9 Å². The number of hydrogen-bond donors (Lipinski definition) is 1. The van der Waals surface area contributed by atoms with Crippen LogP contribution in [0.3, 0.4) is 0 Å². The van der Waals surface area contributed by atoms with E-state index in [-0.39, 0.29) is 12.1 Å². The first-order chi connectivity index (χ1) is 9.99. The van der Waals surface area contributed by atoms with Crippen LogP contribution < -0.4 is 0 Å². The zero-order valence-corrected chi connectivity index (χ0v) is 12.5. The number of carboxylic acids is 1. The second kappa shape index (κ2) is 6.61. The molecule has 0 aliphatic carbocycles. The highest BCUT2D eigenvalue weighted by molar-refractivity contribution is 5.76. The van der Waals surface area contributed by atoms with E-state index in [2.05, 4.69) is 0 Å². The van der Waals surface area contributed by atoms with Gasteiger partial charge in [0.2, 0.25) is 0 Å². The lowest BCUT2D eigenvalue weighted by Crippen LogP contribution is -2.51. The molecule has 1 aliphatic rings. The van der Waals surface area contributed by atoms with Crippen LogP contribution in [-0.4, -0.2) is 46.5 Å². The first kappa shape index (κ1) is 15.4. The molecular formula is C16H22N2O3. The summed E-state index contributed by atoms with van der Waals surface area (Å²) in [5, 5.41) is 9.15. The predicted octanol–water partition coefficient (Wildman–Crippen LogP) is 2.42. The third-order valence-corrected chi connectivity index (χ3v) is 4.07. The van der Waals surface area contributed by atoms with E-state index in [0.717, 1.165) is 12.0 Å². The summed E-state index contributed by atoms with van der Waals surface area (Å²) in [6.07, 6.45) is 1.38. The standard InChI is InChI=1S/C16H22N2O3/c1-12-8-9-14(15(19)20)11-18(12)16(21)17(2)10-13-6-4-3-5-7-13/h3-7,12,14H,8-11H2,1-2H3,(H,19,20). The Hall–Kier alpha value is -2.04. The van der Waals surface area contributed by atoms with E-state index in [1.54, 1.807) is 16.8 Å².